The maximum atomic E-state index is 12.4. The molecule has 0 spiro atoms. The monoisotopic (exact) mass is 862 g/mol. The van der Waals surface area contributed by atoms with Crippen molar-refractivity contribution in [2.45, 2.75) is 315 Å². The van der Waals surface area contributed by atoms with Crippen molar-refractivity contribution in [2.75, 3.05) is 13.2 Å². The third kappa shape index (κ3) is 47.9. The fourth-order valence-electron chi connectivity index (χ4n) is 8.58. The third-order valence-electron chi connectivity index (χ3n) is 12.8. The van der Waals surface area contributed by atoms with Crippen LogP contribution in [0.2, 0.25) is 0 Å². The van der Waals surface area contributed by atoms with Crippen LogP contribution < -0.4 is 5.32 Å². The van der Waals surface area contributed by atoms with Crippen LogP contribution in [-0.2, 0) is 14.3 Å². The highest BCUT2D eigenvalue weighted by atomic mass is 16.5. The molecule has 0 aromatic carbocycles. The Labute approximate surface area is 380 Å². The minimum Gasteiger partial charge on any atom is -0.466 e. The van der Waals surface area contributed by atoms with Crippen LogP contribution in [0.5, 0.6) is 0 Å². The van der Waals surface area contributed by atoms with Crippen LogP contribution in [0.3, 0.4) is 0 Å². The Balaban J connectivity index is 3.42. The predicted octanol–water partition coefficient (Wildman–Crippen LogP) is 16.5. The Morgan fingerprint density at radius 2 is 0.754 bits per heavy atom. The summed E-state index contributed by atoms with van der Waals surface area (Å²) < 4.78 is 5.48. The van der Waals surface area contributed by atoms with Gasteiger partial charge in [-0.05, 0) is 32.1 Å². The summed E-state index contributed by atoms with van der Waals surface area (Å²) in [5.74, 6) is -0.0769. The summed E-state index contributed by atoms with van der Waals surface area (Å²) in [6.07, 6.45) is 59.4. The van der Waals surface area contributed by atoms with E-state index in [0.29, 0.717) is 19.4 Å². The van der Waals surface area contributed by atoms with E-state index in [1.807, 2.05) is 6.08 Å². The number of ether oxygens (including phenoxy) is 1. The predicted molar refractivity (Wildman–Crippen MR) is 264 cm³/mol. The zero-order valence-corrected chi connectivity index (χ0v) is 41.2. The van der Waals surface area contributed by atoms with Gasteiger partial charge >= 0.3 is 5.97 Å². The first-order valence-corrected chi connectivity index (χ1v) is 27.5. The molecular formula is C55H107NO5. The number of allylic oxidation sites excluding steroid dienone is 1. The topological polar surface area (TPSA) is 95.9 Å². The van der Waals surface area contributed by atoms with Crippen LogP contribution in [0.15, 0.2) is 12.2 Å². The van der Waals surface area contributed by atoms with Crippen molar-refractivity contribution < 1.29 is 24.5 Å². The van der Waals surface area contributed by atoms with Gasteiger partial charge in [-0.3, -0.25) is 9.59 Å². The number of carbonyl (C=O) groups is 2. The second-order valence-corrected chi connectivity index (χ2v) is 18.9. The largest absolute Gasteiger partial charge is 0.466 e. The molecule has 3 N–H and O–H groups in total. The van der Waals surface area contributed by atoms with Crippen LogP contribution >= 0.6 is 0 Å². The number of nitrogens with one attached hydrogen (secondary N) is 1. The van der Waals surface area contributed by atoms with Crippen molar-refractivity contribution in [2.24, 2.45) is 0 Å². The molecule has 0 radical (unpaired) electrons. The molecule has 0 rings (SSSR count). The fraction of sp³-hybridized carbons (Fsp3) is 0.927. The number of aliphatic hydroxyl groups excluding tert-OH is 2. The van der Waals surface area contributed by atoms with Crippen molar-refractivity contribution >= 4 is 11.9 Å². The molecule has 0 fully saturated rings. The zero-order chi connectivity index (χ0) is 44.4. The van der Waals surface area contributed by atoms with E-state index in [9.17, 15) is 19.8 Å². The highest BCUT2D eigenvalue weighted by Crippen LogP contribution is 2.17. The molecule has 1 amide bonds. The van der Waals surface area contributed by atoms with Gasteiger partial charge < -0.3 is 20.3 Å². The summed E-state index contributed by atoms with van der Waals surface area (Å²) in [6, 6.07) is -0.633. The molecule has 0 aliphatic heterocycles. The molecule has 6 nitrogen and oxygen atoms in total. The number of carbonyl (C=O) groups excluding carboxylic acids is 2. The lowest BCUT2D eigenvalue weighted by Crippen LogP contribution is -2.45. The Bertz CT molecular complexity index is 909. The maximum absolute atomic E-state index is 12.4. The van der Waals surface area contributed by atoms with Crippen LogP contribution in [-0.4, -0.2) is 47.4 Å². The van der Waals surface area contributed by atoms with Gasteiger partial charge in [0.1, 0.15) is 0 Å². The van der Waals surface area contributed by atoms with Crippen molar-refractivity contribution in [3.63, 3.8) is 0 Å². The van der Waals surface area contributed by atoms with Crippen molar-refractivity contribution in [3.05, 3.63) is 12.2 Å². The average Bonchev–Trinajstić information content (AvgIpc) is 3.26. The van der Waals surface area contributed by atoms with E-state index < -0.39 is 12.1 Å². The summed E-state index contributed by atoms with van der Waals surface area (Å²) in [5, 5.41) is 23.0. The van der Waals surface area contributed by atoms with Gasteiger partial charge in [-0.1, -0.05) is 270 Å². The summed E-state index contributed by atoms with van der Waals surface area (Å²) in [5.41, 5.74) is 0. The van der Waals surface area contributed by atoms with Gasteiger partial charge in [-0.2, -0.15) is 0 Å². The molecule has 2 atom stereocenters. The van der Waals surface area contributed by atoms with E-state index >= 15 is 0 Å². The molecule has 0 aliphatic carbocycles. The lowest BCUT2D eigenvalue weighted by atomic mass is 10.0. The number of rotatable bonds is 51. The molecule has 2 unspecified atom stereocenters. The minimum absolute atomic E-state index is 0.00105. The van der Waals surface area contributed by atoms with Gasteiger partial charge in [0.2, 0.25) is 5.91 Å². The molecule has 0 saturated carbocycles. The molecule has 0 aliphatic rings. The number of esters is 1. The Kier molecular flexibility index (Phi) is 50.1. The highest BCUT2D eigenvalue weighted by molar-refractivity contribution is 5.76. The van der Waals surface area contributed by atoms with Crippen molar-refractivity contribution in [1.29, 1.82) is 0 Å². The van der Waals surface area contributed by atoms with Crippen LogP contribution in [0.4, 0.5) is 0 Å². The molecule has 0 aromatic rings. The lowest BCUT2D eigenvalue weighted by molar-refractivity contribution is -0.143. The lowest BCUT2D eigenvalue weighted by Gasteiger charge is -2.20. The summed E-state index contributed by atoms with van der Waals surface area (Å²) in [6.45, 7) is 4.89. The molecule has 61 heavy (non-hydrogen) atoms. The van der Waals surface area contributed by atoms with Crippen LogP contribution in [0.25, 0.3) is 0 Å². The second-order valence-electron chi connectivity index (χ2n) is 18.9. The van der Waals surface area contributed by atoms with Gasteiger partial charge in [0.05, 0.1) is 25.4 Å². The summed E-state index contributed by atoms with van der Waals surface area (Å²) in [4.78, 5) is 24.5. The molecule has 0 bridgehead atoms. The highest BCUT2D eigenvalue weighted by Gasteiger charge is 2.18. The molecular weight excluding hydrogens is 755 g/mol. The number of aliphatic hydroxyl groups is 2. The molecule has 0 aromatic heterocycles. The average molecular weight is 862 g/mol. The quantitative estimate of drug-likeness (QED) is 0.0322. The Morgan fingerprint density at radius 1 is 0.443 bits per heavy atom. The van der Waals surface area contributed by atoms with Gasteiger partial charge in [0.25, 0.3) is 0 Å². The fourth-order valence-corrected chi connectivity index (χ4v) is 8.58. The summed E-state index contributed by atoms with van der Waals surface area (Å²) in [7, 11) is 0. The first kappa shape index (κ1) is 59.6. The Morgan fingerprint density at radius 3 is 1.11 bits per heavy atom. The van der Waals surface area contributed by atoms with E-state index in [1.54, 1.807) is 6.08 Å². The normalized spacial score (nSPS) is 12.7. The Hall–Kier alpha value is -1.40. The smallest absolute Gasteiger partial charge is 0.305 e. The maximum Gasteiger partial charge on any atom is 0.305 e. The molecule has 6 heteroatoms. The van der Waals surface area contributed by atoms with Crippen molar-refractivity contribution in [1.82, 2.24) is 5.32 Å². The SMILES string of the molecule is CCCCCCCCCCCC/C=C/C(O)C(CO)NC(=O)CCCCCCCCCCCCCCCCOC(=O)CCCCCCCCCCCCCCCCCCCC. The van der Waals surface area contributed by atoms with E-state index in [4.69, 9.17) is 4.74 Å². The number of amides is 1. The van der Waals surface area contributed by atoms with Gasteiger partial charge in [-0.15, -0.1) is 0 Å². The van der Waals surface area contributed by atoms with E-state index in [0.717, 1.165) is 57.8 Å². The van der Waals surface area contributed by atoms with Gasteiger partial charge in [-0.25, -0.2) is 0 Å². The van der Waals surface area contributed by atoms with Crippen LogP contribution in [0, 0.1) is 0 Å². The minimum atomic E-state index is -0.849. The third-order valence-corrected chi connectivity index (χ3v) is 12.8. The van der Waals surface area contributed by atoms with Crippen LogP contribution in [0.1, 0.15) is 303 Å². The number of hydrogen-bond donors (Lipinski definition) is 3. The second kappa shape index (κ2) is 51.2. The van der Waals surface area contributed by atoms with E-state index in [1.165, 1.54) is 218 Å². The number of hydrogen-bond acceptors (Lipinski definition) is 5. The standard InChI is InChI=1S/C55H107NO5/c1-3-5-7-9-11-13-15-17-18-19-20-21-25-29-33-37-41-45-49-55(60)61-50-46-42-38-34-30-26-23-22-24-28-32-36-40-44-48-54(59)56-52(51-57)53(58)47-43-39-35-31-27-16-14-12-10-8-6-4-2/h43,47,52-53,57-58H,3-42,44-46,48-51H2,1-2H3,(H,56,59)/b47-43+. The van der Waals surface area contributed by atoms with Gasteiger partial charge in [0, 0.05) is 12.8 Å². The molecule has 0 saturated heterocycles. The van der Waals surface area contributed by atoms with Gasteiger partial charge in [0.15, 0.2) is 0 Å². The van der Waals surface area contributed by atoms with Crippen molar-refractivity contribution in [3.8, 4) is 0 Å². The first-order chi connectivity index (χ1) is 30.0. The van der Waals surface area contributed by atoms with E-state index in [2.05, 4.69) is 19.2 Å². The zero-order valence-electron chi connectivity index (χ0n) is 41.2. The van der Waals surface area contributed by atoms with E-state index in [-0.39, 0.29) is 18.5 Å². The number of unbranched alkanes of at least 4 members (excludes halogenated alkanes) is 40. The molecule has 0 heterocycles. The first-order valence-electron chi connectivity index (χ1n) is 27.5. The molecule has 362 valence electrons. The summed E-state index contributed by atoms with van der Waals surface area (Å²) >= 11 is 0.